The van der Waals surface area contributed by atoms with E-state index in [9.17, 15) is 0 Å². The van der Waals surface area contributed by atoms with Crippen LogP contribution >= 0.6 is 11.3 Å². The van der Waals surface area contributed by atoms with Crippen molar-refractivity contribution in [2.24, 2.45) is 5.73 Å². The molecule has 17 heavy (non-hydrogen) atoms. The van der Waals surface area contributed by atoms with E-state index in [1.54, 1.807) is 11.3 Å². The Labute approximate surface area is 106 Å². The maximum Gasteiger partial charge on any atom is 0.119 e. The van der Waals surface area contributed by atoms with Crippen LogP contribution in [0.1, 0.15) is 23.4 Å². The summed E-state index contributed by atoms with van der Waals surface area (Å²) in [7, 11) is 0. The molecule has 2 aromatic rings. The quantitative estimate of drug-likeness (QED) is 0.879. The SMILES string of the molecule is CCOc1cccc(CC(N)c2cccs2)c1. The fourth-order valence-electron chi connectivity index (χ4n) is 1.79. The molecular weight excluding hydrogens is 230 g/mol. The molecule has 1 heterocycles. The van der Waals surface area contributed by atoms with Crippen LogP contribution in [-0.4, -0.2) is 6.61 Å². The average molecular weight is 247 g/mol. The topological polar surface area (TPSA) is 35.2 Å². The fourth-order valence-corrected chi connectivity index (χ4v) is 2.52. The molecule has 0 amide bonds. The Morgan fingerprint density at radius 1 is 1.29 bits per heavy atom. The third-order valence-corrected chi connectivity index (χ3v) is 3.58. The molecule has 0 aliphatic rings. The summed E-state index contributed by atoms with van der Waals surface area (Å²) < 4.78 is 5.48. The highest BCUT2D eigenvalue weighted by Gasteiger charge is 2.08. The van der Waals surface area contributed by atoms with Gasteiger partial charge in [-0.3, -0.25) is 0 Å². The molecule has 2 nitrogen and oxygen atoms in total. The van der Waals surface area contributed by atoms with Gasteiger partial charge in [-0.2, -0.15) is 0 Å². The molecule has 0 radical (unpaired) electrons. The average Bonchev–Trinajstić information content (AvgIpc) is 2.83. The molecule has 0 saturated heterocycles. The molecule has 1 aromatic carbocycles. The van der Waals surface area contributed by atoms with Crippen LogP contribution in [0.5, 0.6) is 5.75 Å². The molecule has 3 heteroatoms. The van der Waals surface area contributed by atoms with Crippen LogP contribution in [0.2, 0.25) is 0 Å². The normalized spacial score (nSPS) is 12.4. The number of rotatable bonds is 5. The van der Waals surface area contributed by atoms with Gasteiger partial charge in [0.15, 0.2) is 0 Å². The van der Waals surface area contributed by atoms with Crippen molar-refractivity contribution >= 4 is 11.3 Å². The number of nitrogens with two attached hydrogens (primary N) is 1. The van der Waals surface area contributed by atoms with Crippen LogP contribution in [0.4, 0.5) is 0 Å². The van der Waals surface area contributed by atoms with E-state index in [1.807, 2.05) is 25.1 Å². The first kappa shape index (κ1) is 12.1. The first-order chi connectivity index (χ1) is 8.29. The number of ether oxygens (including phenoxy) is 1. The maximum atomic E-state index is 6.17. The lowest BCUT2D eigenvalue weighted by atomic mass is 10.1. The van der Waals surface area contributed by atoms with Crippen LogP contribution in [0.3, 0.4) is 0 Å². The van der Waals surface area contributed by atoms with Gasteiger partial charge in [-0.25, -0.2) is 0 Å². The van der Waals surface area contributed by atoms with Crippen LogP contribution < -0.4 is 10.5 Å². The van der Waals surface area contributed by atoms with Crippen molar-refractivity contribution in [3.05, 3.63) is 52.2 Å². The lowest BCUT2D eigenvalue weighted by molar-refractivity contribution is 0.340. The standard InChI is InChI=1S/C14H17NOS/c1-2-16-12-6-3-5-11(9-12)10-13(15)14-7-4-8-17-14/h3-9,13H,2,10,15H2,1H3. The highest BCUT2D eigenvalue weighted by molar-refractivity contribution is 7.10. The summed E-state index contributed by atoms with van der Waals surface area (Å²) in [6.07, 6.45) is 0.849. The van der Waals surface area contributed by atoms with E-state index >= 15 is 0 Å². The zero-order chi connectivity index (χ0) is 12.1. The van der Waals surface area contributed by atoms with Gasteiger partial charge >= 0.3 is 0 Å². The Balaban J connectivity index is 2.05. The first-order valence-electron chi connectivity index (χ1n) is 5.80. The molecule has 0 aliphatic heterocycles. The number of thiophene rings is 1. The van der Waals surface area contributed by atoms with Crippen molar-refractivity contribution < 1.29 is 4.74 Å². The maximum absolute atomic E-state index is 6.17. The second-order valence-corrected chi connectivity index (χ2v) is 4.89. The van der Waals surface area contributed by atoms with Crippen molar-refractivity contribution in [3.63, 3.8) is 0 Å². The van der Waals surface area contributed by atoms with Gasteiger partial charge < -0.3 is 10.5 Å². The van der Waals surface area contributed by atoms with E-state index in [1.165, 1.54) is 10.4 Å². The summed E-state index contributed by atoms with van der Waals surface area (Å²) in [5.74, 6) is 0.920. The summed E-state index contributed by atoms with van der Waals surface area (Å²) in [6, 6.07) is 12.3. The Morgan fingerprint density at radius 3 is 2.88 bits per heavy atom. The first-order valence-corrected chi connectivity index (χ1v) is 6.68. The lowest BCUT2D eigenvalue weighted by Crippen LogP contribution is -2.11. The second kappa shape index (κ2) is 5.84. The van der Waals surface area contributed by atoms with Gasteiger partial charge in [-0.05, 0) is 42.5 Å². The molecule has 2 N–H and O–H groups in total. The molecule has 0 aliphatic carbocycles. The van der Waals surface area contributed by atoms with Crippen molar-refractivity contribution in [3.8, 4) is 5.75 Å². The Kier molecular flexibility index (Phi) is 4.18. The van der Waals surface area contributed by atoms with Crippen molar-refractivity contribution in [2.75, 3.05) is 6.61 Å². The van der Waals surface area contributed by atoms with Gasteiger partial charge in [-0.1, -0.05) is 18.2 Å². The predicted octanol–water partition coefficient (Wildman–Crippen LogP) is 3.39. The molecule has 2 rings (SSSR count). The smallest absolute Gasteiger partial charge is 0.119 e. The summed E-state index contributed by atoms with van der Waals surface area (Å²) in [4.78, 5) is 1.23. The van der Waals surface area contributed by atoms with Crippen molar-refractivity contribution in [1.29, 1.82) is 0 Å². The summed E-state index contributed by atoms with van der Waals surface area (Å²) in [5.41, 5.74) is 7.38. The molecular formula is C14H17NOS. The van der Waals surface area contributed by atoms with Crippen LogP contribution in [0.15, 0.2) is 41.8 Å². The zero-order valence-corrected chi connectivity index (χ0v) is 10.7. The molecule has 1 unspecified atom stereocenters. The molecule has 0 bridgehead atoms. The highest BCUT2D eigenvalue weighted by atomic mass is 32.1. The zero-order valence-electron chi connectivity index (χ0n) is 9.93. The Hall–Kier alpha value is -1.32. The fraction of sp³-hybridized carbons (Fsp3) is 0.286. The van der Waals surface area contributed by atoms with Crippen molar-refractivity contribution in [1.82, 2.24) is 0 Å². The predicted molar refractivity (Wildman–Crippen MR) is 72.6 cm³/mol. The monoisotopic (exact) mass is 247 g/mol. The van der Waals surface area contributed by atoms with E-state index in [0.717, 1.165) is 12.2 Å². The van der Waals surface area contributed by atoms with Crippen LogP contribution in [-0.2, 0) is 6.42 Å². The van der Waals surface area contributed by atoms with E-state index in [4.69, 9.17) is 10.5 Å². The number of benzene rings is 1. The highest BCUT2D eigenvalue weighted by Crippen LogP contribution is 2.22. The molecule has 90 valence electrons. The third kappa shape index (κ3) is 3.32. The second-order valence-electron chi connectivity index (χ2n) is 3.91. The van der Waals surface area contributed by atoms with E-state index in [2.05, 4.69) is 23.6 Å². The lowest BCUT2D eigenvalue weighted by Gasteiger charge is -2.11. The Morgan fingerprint density at radius 2 is 2.18 bits per heavy atom. The van der Waals surface area contributed by atoms with Crippen LogP contribution in [0, 0.1) is 0 Å². The largest absolute Gasteiger partial charge is 0.494 e. The van der Waals surface area contributed by atoms with E-state index in [0.29, 0.717) is 6.61 Å². The van der Waals surface area contributed by atoms with Gasteiger partial charge in [0.05, 0.1) is 6.61 Å². The number of hydrogen-bond acceptors (Lipinski definition) is 3. The minimum absolute atomic E-state index is 0.0758. The van der Waals surface area contributed by atoms with Gasteiger partial charge in [-0.15, -0.1) is 11.3 Å². The molecule has 1 aromatic heterocycles. The van der Waals surface area contributed by atoms with Gasteiger partial charge in [0, 0.05) is 10.9 Å². The van der Waals surface area contributed by atoms with Gasteiger partial charge in [0.25, 0.3) is 0 Å². The van der Waals surface area contributed by atoms with Gasteiger partial charge in [0.2, 0.25) is 0 Å². The third-order valence-electron chi connectivity index (χ3n) is 2.57. The molecule has 0 spiro atoms. The van der Waals surface area contributed by atoms with E-state index < -0.39 is 0 Å². The molecule has 0 fully saturated rings. The Bertz CT molecular complexity index is 453. The summed E-state index contributed by atoms with van der Waals surface area (Å²) in [5, 5.41) is 2.06. The van der Waals surface area contributed by atoms with Gasteiger partial charge in [0.1, 0.15) is 5.75 Å². The van der Waals surface area contributed by atoms with Crippen LogP contribution in [0.25, 0.3) is 0 Å². The minimum atomic E-state index is 0.0758. The van der Waals surface area contributed by atoms with E-state index in [-0.39, 0.29) is 6.04 Å². The minimum Gasteiger partial charge on any atom is -0.494 e. The molecule has 1 atom stereocenters. The van der Waals surface area contributed by atoms with Crippen molar-refractivity contribution in [2.45, 2.75) is 19.4 Å². The molecule has 0 saturated carbocycles. The summed E-state index contributed by atoms with van der Waals surface area (Å²) >= 11 is 1.71. The number of hydrogen-bond donors (Lipinski definition) is 1. The summed E-state index contributed by atoms with van der Waals surface area (Å²) in [6.45, 7) is 2.69.